The SMILES string of the molecule is CC(Nc1ncccn1)c1nccs1. The highest BCUT2D eigenvalue weighted by atomic mass is 32.1. The lowest BCUT2D eigenvalue weighted by Crippen LogP contribution is -2.08. The van der Waals surface area contributed by atoms with Gasteiger partial charge in [-0.15, -0.1) is 11.3 Å². The number of aromatic nitrogens is 3. The van der Waals surface area contributed by atoms with Crippen molar-refractivity contribution in [1.82, 2.24) is 15.0 Å². The summed E-state index contributed by atoms with van der Waals surface area (Å²) in [4.78, 5) is 12.4. The van der Waals surface area contributed by atoms with Crippen LogP contribution in [0.5, 0.6) is 0 Å². The van der Waals surface area contributed by atoms with Gasteiger partial charge in [0, 0.05) is 24.0 Å². The fourth-order valence-electron chi connectivity index (χ4n) is 1.08. The van der Waals surface area contributed by atoms with E-state index in [0.717, 1.165) is 5.01 Å². The van der Waals surface area contributed by atoms with E-state index < -0.39 is 0 Å². The summed E-state index contributed by atoms with van der Waals surface area (Å²) in [6, 6.07) is 1.94. The summed E-state index contributed by atoms with van der Waals surface area (Å²) >= 11 is 1.62. The maximum atomic E-state index is 4.21. The highest BCUT2D eigenvalue weighted by Crippen LogP contribution is 2.17. The normalized spacial score (nSPS) is 12.4. The van der Waals surface area contributed by atoms with E-state index in [0.29, 0.717) is 5.95 Å². The highest BCUT2D eigenvalue weighted by Gasteiger charge is 2.07. The number of thiazole rings is 1. The Labute approximate surface area is 86.1 Å². The fraction of sp³-hybridized carbons (Fsp3) is 0.222. The molecule has 0 spiro atoms. The van der Waals surface area contributed by atoms with Gasteiger partial charge in [0.15, 0.2) is 0 Å². The number of hydrogen-bond donors (Lipinski definition) is 1. The van der Waals surface area contributed by atoms with Crippen LogP contribution in [-0.4, -0.2) is 15.0 Å². The summed E-state index contributed by atoms with van der Waals surface area (Å²) in [7, 11) is 0. The highest BCUT2D eigenvalue weighted by molar-refractivity contribution is 7.09. The third kappa shape index (κ3) is 2.05. The monoisotopic (exact) mass is 206 g/mol. The maximum Gasteiger partial charge on any atom is 0.223 e. The zero-order valence-electron chi connectivity index (χ0n) is 7.71. The zero-order chi connectivity index (χ0) is 9.80. The van der Waals surface area contributed by atoms with E-state index in [-0.39, 0.29) is 6.04 Å². The fourth-order valence-corrected chi connectivity index (χ4v) is 1.72. The predicted octanol–water partition coefficient (Wildman–Crippen LogP) is 2.11. The molecule has 0 amide bonds. The number of nitrogens with zero attached hydrogens (tertiary/aromatic N) is 3. The van der Waals surface area contributed by atoms with Crippen molar-refractivity contribution in [1.29, 1.82) is 0 Å². The number of rotatable bonds is 3. The third-order valence-corrected chi connectivity index (χ3v) is 2.69. The van der Waals surface area contributed by atoms with Gasteiger partial charge in [0.05, 0.1) is 6.04 Å². The Morgan fingerprint density at radius 2 is 2.00 bits per heavy atom. The molecule has 2 heterocycles. The van der Waals surface area contributed by atoms with E-state index in [2.05, 4.69) is 20.3 Å². The molecule has 0 aliphatic carbocycles. The van der Waals surface area contributed by atoms with E-state index in [1.165, 1.54) is 0 Å². The standard InChI is InChI=1S/C9H10N4S/c1-7(8-10-5-6-14-8)13-9-11-3-2-4-12-9/h2-7H,1H3,(H,11,12,13). The van der Waals surface area contributed by atoms with Crippen molar-refractivity contribution in [2.75, 3.05) is 5.32 Å². The zero-order valence-corrected chi connectivity index (χ0v) is 8.53. The van der Waals surface area contributed by atoms with Crippen LogP contribution in [0.1, 0.15) is 18.0 Å². The van der Waals surface area contributed by atoms with Crippen molar-refractivity contribution in [2.24, 2.45) is 0 Å². The van der Waals surface area contributed by atoms with E-state index in [1.807, 2.05) is 12.3 Å². The topological polar surface area (TPSA) is 50.7 Å². The first kappa shape index (κ1) is 9.08. The van der Waals surface area contributed by atoms with E-state index in [4.69, 9.17) is 0 Å². The van der Waals surface area contributed by atoms with Gasteiger partial charge in [-0.2, -0.15) is 0 Å². The predicted molar refractivity (Wildman–Crippen MR) is 56.2 cm³/mol. The van der Waals surface area contributed by atoms with Crippen LogP contribution in [0.4, 0.5) is 5.95 Å². The van der Waals surface area contributed by atoms with E-state index in [1.54, 1.807) is 36.0 Å². The Morgan fingerprint density at radius 3 is 2.64 bits per heavy atom. The maximum absolute atomic E-state index is 4.21. The molecule has 0 radical (unpaired) electrons. The van der Waals surface area contributed by atoms with E-state index >= 15 is 0 Å². The summed E-state index contributed by atoms with van der Waals surface area (Å²) in [6.07, 6.45) is 5.22. The van der Waals surface area contributed by atoms with Gasteiger partial charge in [-0.1, -0.05) is 0 Å². The minimum absolute atomic E-state index is 0.150. The minimum Gasteiger partial charge on any atom is -0.345 e. The molecule has 0 aromatic carbocycles. The Kier molecular flexibility index (Phi) is 2.69. The van der Waals surface area contributed by atoms with Gasteiger partial charge in [0.1, 0.15) is 5.01 Å². The Balaban J connectivity index is 2.06. The molecule has 0 saturated carbocycles. The van der Waals surface area contributed by atoms with Gasteiger partial charge in [-0.05, 0) is 13.0 Å². The number of anilines is 1. The summed E-state index contributed by atoms with van der Waals surface area (Å²) < 4.78 is 0. The van der Waals surface area contributed by atoms with Crippen LogP contribution >= 0.6 is 11.3 Å². The summed E-state index contributed by atoms with van der Waals surface area (Å²) in [5.74, 6) is 0.634. The van der Waals surface area contributed by atoms with Crippen LogP contribution in [0, 0.1) is 0 Å². The molecule has 14 heavy (non-hydrogen) atoms. The van der Waals surface area contributed by atoms with Crippen molar-refractivity contribution in [3.8, 4) is 0 Å². The summed E-state index contributed by atoms with van der Waals surface area (Å²) in [5, 5.41) is 6.17. The Hall–Kier alpha value is -1.49. The van der Waals surface area contributed by atoms with Crippen LogP contribution < -0.4 is 5.32 Å². The lowest BCUT2D eigenvalue weighted by Gasteiger charge is -2.09. The molecule has 1 N–H and O–H groups in total. The van der Waals surface area contributed by atoms with Crippen LogP contribution in [0.3, 0.4) is 0 Å². The number of hydrogen-bond acceptors (Lipinski definition) is 5. The quantitative estimate of drug-likeness (QED) is 0.835. The van der Waals surface area contributed by atoms with Crippen LogP contribution in [-0.2, 0) is 0 Å². The van der Waals surface area contributed by atoms with Crippen molar-refractivity contribution < 1.29 is 0 Å². The van der Waals surface area contributed by atoms with Crippen LogP contribution in [0.15, 0.2) is 30.0 Å². The van der Waals surface area contributed by atoms with Crippen molar-refractivity contribution in [3.05, 3.63) is 35.0 Å². The molecular formula is C9H10N4S. The number of nitrogens with one attached hydrogen (secondary N) is 1. The second-order valence-electron chi connectivity index (χ2n) is 2.81. The molecule has 0 aliphatic rings. The smallest absolute Gasteiger partial charge is 0.223 e. The second kappa shape index (κ2) is 4.15. The lowest BCUT2D eigenvalue weighted by atomic mass is 10.4. The van der Waals surface area contributed by atoms with E-state index in [9.17, 15) is 0 Å². The average molecular weight is 206 g/mol. The molecule has 0 bridgehead atoms. The molecule has 0 aliphatic heterocycles. The molecule has 4 nitrogen and oxygen atoms in total. The largest absolute Gasteiger partial charge is 0.345 e. The van der Waals surface area contributed by atoms with Gasteiger partial charge in [0.25, 0.3) is 0 Å². The lowest BCUT2D eigenvalue weighted by molar-refractivity contribution is 0.848. The molecular weight excluding hydrogens is 196 g/mol. The molecule has 1 unspecified atom stereocenters. The third-order valence-electron chi connectivity index (χ3n) is 1.73. The van der Waals surface area contributed by atoms with Gasteiger partial charge >= 0.3 is 0 Å². The van der Waals surface area contributed by atoms with Crippen molar-refractivity contribution >= 4 is 17.3 Å². The Morgan fingerprint density at radius 1 is 1.21 bits per heavy atom. The first-order chi connectivity index (χ1) is 6.86. The van der Waals surface area contributed by atoms with Gasteiger partial charge in [-0.25, -0.2) is 15.0 Å². The molecule has 0 saturated heterocycles. The van der Waals surface area contributed by atoms with Gasteiger partial charge in [0.2, 0.25) is 5.95 Å². The molecule has 2 aromatic rings. The first-order valence-corrected chi connectivity index (χ1v) is 5.17. The minimum atomic E-state index is 0.150. The molecule has 5 heteroatoms. The van der Waals surface area contributed by atoms with Crippen LogP contribution in [0.2, 0.25) is 0 Å². The molecule has 2 aromatic heterocycles. The first-order valence-electron chi connectivity index (χ1n) is 4.29. The Bertz CT molecular complexity index is 373. The molecule has 2 rings (SSSR count). The molecule has 72 valence electrons. The summed E-state index contributed by atoms with van der Waals surface area (Å²) in [5.41, 5.74) is 0. The molecule has 0 fully saturated rings. The van der Waals surface area contributed by atoms with Crippen molar-refractivity contribution in [3.63, 3.8) is 0 Å². The summed E-state index contributed by atoms with van der Waals surface area (Å²) in [6.45, 7) is 2.04. The second-order valence-corrected chi connectivity index (χ2v) is 3.73. The van der Waals surface area contributed by atoms with Crippen molar-refractivity contribution in [2.45, 2.75) is 13.0 Å². The molecule has 1 atom stereocenters. The average Bonchev–Trinajstić information content (AvgIpc) is 2.72. The van der Waals surface area contributed by atoms with Gasteiger partial charge in [-0.3, -0.25) is 0 Å². The van der Waals surface area contributed by atoms with Gasteiger partial charge < -0.3 is 5.32 Å². The van der Waals surface area contributed by atoms with Crippen LogP contribution in [0.25, 0.3) is 0 Å².